The largest absolute Gasteiger partial charge is 0.378 e. The number of pyridine rings is 2. The second kappa shape index (κ2) is 8.81. The van der Waals surface area contributed by atoms with Crippen molar-refractivity contribution >= 4 is 17.5 Å². The van der Waals surface area contributed by atoms with Gasteiger partial charge in [0.1, 0.15) is 17.5 Å². The topological polar surface area (TPSA) is 77.3 Å². The van der Waals surface area contributed by atoms with E-state index < -0.39 is 0 Å². The molecule has 0 amide bonds. The molecule has 0 radical (unpaired) electrons. The van der Waals surface area contributed by atoms with E-state index in [1.54, 1.807) is 18.3 Å². The molecule has 0 spiro atoms. The minimum Gasteiger partial charge on any atom is -0.378 e. The van der Waals surface area contributed by atoms with Crippen LogP contribution in [-0.2, 0) is 4.74 Å². The van der Waals surface area contributed by atoms with Gasteiger partial charge in [0, 0.05) is 18.8 Å². The van der Waals surface area contributed by atoms with Crippen molar-refractivity contribution in [2.75, 3.05) is 43.1 Å². The highest BCUT2D eigenvalue weighted by Gasteiger charge is 2.31. The third kappa shape index (κ3) is 4.36. The van der Waals surface area contributed by atoms with Crippen LogP contribution in [0.15, 0.2) is 30.5 Å². The van der Waals surface area contributed by atoms with Gasteiger partial charge in [-0.15, -0.1) is 0 Å². The molecule has 3 aliphatic heterocycles. The van der Waals surface area contributed by atoms with E-state index in [1.165, 1.54) is 18.4 Å². The number of hydrogen-bond acceptors (Lipinski definition) is 7. The number of likely N-dealkylation sites (tertiary alicyclic amines) is 1. The molecule has 0 bridgehead atoms. The zero-order valence-electron chi connectivity index (χ0n) is 18.1. The number of nitrogens with zero attached hydrogens (tertiary/aromatic N) is 5. The molecule has 5 rings (SSSR count). The number of anilines is 3. The van der Waals surface area contributed by atoms with Crippen LogP contribution < -0.4 is 10.2 Å². The van der Waals surface area contributed by atoms with Crippen molar-refractivity contribution in [3.63, 3.8) is 0 Å². The molecule has 3 fully saturated rings. The van der Waals surface area contributed by atoms with E-state index in [9.17, 15) is 5.26 Å². The number of ether oxygens (including phenoxy) is 1. The van der Waals surface area contributed by atoms with E-state index in [4.69, 9.17) is 9.72 Å². The minimum atomic E-state index is 0.510. The number of rotatable bonds is 5. The average molecular weight is 419 g/mol. The van der Waals surface area contributed by atoms with Crippen molar-refractivity contribution < 1.29 is 4.74 Å². The molecule has 162 valence electrons. The van der Waals surface area contributed by atoms with Gasteiger partial charge in [-0.25, -0.2) is 9.97 Å². The van der Waals surface area contributed by atoms with Gasteiger partial charge in [0.05, 0.1) is 30.9 Å². The van der Waals surface area contributed by atoms with Crippen molar-refractivity contribution in [2.45, 2.75) is 50.6 Å². The van der Waals surface area contributed by atoms with Gasteiger partial charge >= 0.3 is 0 Å². The summed E-state index contributed by atoms with van der Waals surface area (Å²) in [4.78, 5) is 14.3. The fourth-order valence-electron chi connectivity index (χ4n) is 4.99. The van der Waals surface area contributed by atoms with Gasteiger partial charge in [-0.3, -0.25) is 4.90 Å². The minimum absolute atomic E-state index is 0.510. The van der Waals surface area contributed by atoms with Crippen LogP contribution >= 0.6 is 0 Å². The molecular formula is C24H30N6O. The summed E-state index contributed by atoms with van der Waals surface area (Å²) in [6, 6.07) is 11.3. The molecule has 0 aliphatic carbocycles. The summed E-state index contributed by atoms with van der Waals surface area (Å²) in [5.41, 5.74) is 1.95. The number of piperidine rings is 1. The molecule has 1 N–H and O–H groups in total. The van der Waals surface area contributed by atoms with Crippen LogP contribution in [0.2, 0.25) is 0 Å². The van der Waals surface area contributed by atoms with Crippen molar-refractivity contribution in [1.82, 2.24) is 14.9 Å². The van der Waals surface area contributed by atoms with Crippen LogP contribution in [0.3, 0.4) is 0 Å². The fraction of sp³-hybridized carbons (Fsp3) is 0.542. The maximum Gasteiger partial charge on any atom is 0.134 e. The molecule has 0 aromatic carbocycles. The van der Waals surface area contributed by atoms with Gasteiger partial charge in [-0.2, -0.15) is 5.26 Å². The Morgan fingerprint density at radius 2 is 1.94 bits per heavy atom. The zero-order chi connectivity index (χ0) is 21.2. The maximum absolute atomic E-state index is 9.20. The Morgan fingerprint density at radius 3 is 2.61 bits per heavy atom. The lowest BCUT2D eigenvalue weighted by Gasteiger charge is -2.41. The molecule has 0 saturated carbocycles. The SMILES string of the molecule is C[C@@H]1CCCN1c1cc(C2CCN(C3COC3)CC2)cc(Nc2cc(C#N)ccn2)n1. The van der Waals surface area contributed by atoms with E-state index in [2.05, 4.69) is 45.2 Å². The van der Waals surface area contributed by atoms with Crippen LogP contribution in [0.5, 0.6) is 0 Å². The Kier molecular flexibility index (Phi) is 5.75. The predicted octanol–water partition coefficient (Wildman–Crippen LogP) is 3.66. The number of hydrogen-bond donors (Lipinski definition) is 1. The lowest BCUT2D eigenvalue weighted by atomic mass is 9.89. The molecule has 2 aromatic heterocycles. The van der Waals surface area contributed by atoms with Gasteiger partial charge in [0.25, 0.3) is 0 Å². The molecule has 0 unspecified atom stereocenters. The highest BCUT2D eigenvalue weighted by molar-refractivity contribution is 5.59. The standard InChI is InChI=1S/C24H30N6O/c1-17-3-2-8-30(17)24-13-20(19-5-9-29(10-6-19)21-15-31-16-21)12-23(28-24)27-22-11-18(14-25)4-7-26-22/h4,7,11-13,17,19,21H,2-3,5-6,8-10,15-16H2,1H3,(H,26,27,28)/t17-/m1/s1. The van der Waals surface area contributed by atoms with Crippen LogP contribution in [-0.4, -0.2) is 59.8 Å². The molecule has 3 aliphatic rings. The second-order valence-corrected chi connectivity index (χ2v) is 9.00. The fourth-order valence-corrected chi connectivity index (χ4v) is 4.99. The zero-order valence-corrected chi connectivity index (χ0v) is 18.1. The smallest absolute Gasteiger partial charge is 0.134 e. The van der Waals surface area contributed by atoms with Gasteiger partial charge in [0.2, 0.25) is 0 Å². The summed E-state index contributed by atoms with van der Waals surface area (Å²) < 4.78 is 5.38. The van der Waals surface area contributed by atoms with Crippen molar-refractivity contribution in [2.24, 2.45) is 0 Å². The highest BCUT2D eigenvalue weighted by atomic mass is 16.5. The molecule has 5 heterocycles. The summed E-state index contributed by atoms with van der Waals surface area (Å²) in [6.45, 7) is 7.38. The predicted molar refractivity (Wildman–Crippen MR) is 121 cm³/mol. The monoisotopic (exact) mass is 418 g/mol. The third-order valence-corrected chi connectivity index (χ3v) is 6.96. The lowest BCUT2D eigenvalue weighted by molar-refractivity contribution is -0.0712. The normalized spacial score (nSPS) is 22.8. The lowest BCUT2D eigenvalue weighted by Crippen LogP contribution is -2.51. The van der Waals surface area contributed by atoms with Crippen LogP contribution in [0, 0.1) is 11.3 Å². The third-order valence-electron chi connectivity index (χ3n) is 6.96. The first-order chi connectivity index (χ1) is 15.2. The molecule has 2 aromatic rings. The quantitative estimate of drug-likeness (QED) is 0.794. The summed E-state index contributed by atoms with van der Waals surface area (Å²) in [6.07, 6.45) is 6.41. The average Bonchev–Trinajstić information content (AvgIpc) is 3.19. The Labute approximate surface area is 184 Å². The Bertz CT molecular complexity index is 961. The first-order valence-electron chi connectivity index (χ1n) is 11.4. The van der Waals surface area contributed by atoms with Crippen LogP contribution in [0.25, 0.3) is 0 Å². The summed E-state index contributed by atoms with van der Waals surface area (Å²) >= 11 is 0. The summed E-state index contributed by atoms with van der Waals surface area (Å²) in [5, 5.41) is 12.6. The van der Waals surface area contributed by atoms with Crippen molar-refractivity contribution in [3.05, 3.63) is 41.6 Å². The van der Waals surface area contributed by atoms with Crippen LogP contribution in [0.1, 0.15) is 49.7 Å². The summed E-state index contributed by atoms with van der Waals surface area (Å²) in [7, 11) is 0. The van der Waals surface area contributed by atoms with E-state index in [-0.39, 0.29) is 0 Å². The molecular weight excluding hydrogens is 388 g/mol. The van der Waals surface area contributed by atoms with Gasteiger partial charge < -0.3 is 15.0 Å². The highest BCUT2D eigenvalue weighted by Crippen LogP contribution is 2.35. The van der Waals surface area contributed by atoms with Gasteiger partial charge in [0.15, 0.2) is 0 Å². The van der Waals surface area contributed by atoms with E-state index in [1.807, 2.05) is 0 Å². The first kappa shape index (κ1) is 20.2. The van der Waals surface area contributed by atoms with Crippen molar-refractivity contribution in [3.8, 4) is 6.07 Å². The van der Waals surface area contributed by atoms with Crippen LogP contribution in [0.4, 0.5) is 17.5 Å². The Hall–Kier alpha value is -2.69. The van der Waals surface area contributed by atoms with E-state index >= 15 is 0 Å². The first-order valence-corrected chi connectivity index (χ1v) is 11.4. The molecule has 31 heavy (non-hydrogen) atoms. The maximum atomic E-state index is 9.20. The second-order valence-electron chi connectivity index (χ2n) is 9.00. The molecule has 3 saturated heterocycles. The Morgan fingerprint density at radius 1 is 1.10 bits per heavy atom. The van der Waals surface area contributed by atoms with E-state index in [0.29, 0.717) is 29.4 Å². The number of nitrogens with one attached hydrogen (secondary N) is 1. The Balaban J connectivity index is 1.40. The number of aromatic nitrogens is 2. The summed E-state index contributed by atoms with van der Waals surface area (Å²) in [5.74, 6) is 3.06. The molecule has 7 heteroatoms. The van der Waals surface area contributed by atoms with Gasteiger partial charge in [-0.05, 0) is 81.4 Å². The molecule has 1 atom stereocenters. The van der Waals surface area contributed by atoms with E-state index in [0.717, 1.165) is 57.3 Å². The number of nitriles is 1. The van der Waals surface area contributed by atoms with Gasteiger partial charge in [-0.1, -0.05) is 0 Å². The van der Waals surface area contributed by atoms with Crippen molar-refractivity contribution in [1.29, 1.82) is 5.26 Å². The molecule has 7 nitrogen and oxygen atoms in total.